The van der Waals surface area contributed by atoms with Crippen molar-refractivity contribution in [2.45, 2.75) is 25.3 Å². The lowest BCUT2D eigenvalue weighted by atomic mass is 10.0. The minimum atomic E-state index is -0.151. The molecule has 1 heterocycles. The van der Waals surface area contributed by atoms with Gasteiger partial charge in [-0.2, -0.15) is 0 Å². The quantitative estimate of drug-likeness (QED) is 0.784. The van der Waals surface area contributed by atoms with E-state index in [4.69, 9.17) is 21.1 Å². The van der Waals surface area contributed by atoms with Crippen LogP contribution in [0.5, 0.6) is 5.75 Å². The molecule has 1 atom stereocenters. The normalized spacial score (nSPS) is 19.6. The van der Waals surface area contributed by atoms with E-state index in [0.29, 0.717) is 23.9 Å². The molecule has 1 aliphatic heterocycles. The first kappa shape index (κ1) is 15.1. The standard InChI is InChI=1S/C15H20ClNO3/c1-19-15(18)13-7-4-5-9-17(13)10-11-20-14-8-3-2-6-12(14)16/h2-3,6,8,13H,4-5,7,9-11H2,1H3. The Morgan fingerprint density at radius 2 is 2.20 bits per heavy atom. The van der Waals surface area contributed by atoms with E-state index in [1.54, 1.807) is 6.07 Å². The predicted octanol–water partition coefficient (Wildman–Crippen LogP) is 2.75. The lowest BCUT2D eigenvalue weighted by molar-refractivity contribution is -0.148. The highest BCUT2D eigenvalue weighted by Crippen LogP contribution is 2.23. The average Bonchev–Trinajstić information content (AvgIpc) is 2.49. The van der Waals surface area contributed by atoms with Gasteiger partial charge in [0.1, 0.15) is 18.4 Å². The zero-order valence-corrected chi connectivity index (χ0v) is 12.4. The summed E-state index contributed by atoms with van der Waals surface area (Å²) in [5.41, 5.74) is 0. The topological polar surface area (TPSA) is 38.8 Å². The van der Waals surface area contributed by atoms with Crippen molar-refractivity contribution in [1.29, 1.82) is 0 Å². The molecule has 110 valence electrons. The van der Waals surface area contributed by atoms with Gasteiger partial charge in [0.15, 0.2) is 0 Å². The van der Waals surface area contributed by atoms with E-state index in [-0.39, 0.29) is 12.0 Å². The molecule has 0 bridgehead atoms. The van der Waals surface area contributed by atoms with Crippen molar-refractivity contribution >= 4 is 17.6 Å². The van der Waals surface area contributed by atoms with E-state index < -0.39 is 0 Å². The lowest BCUT2D eigenvalue weighted by Gasteiger charge is -2.33. The molecule has 0 N–H and O–H groups in total. The second-order valence-electron chi connectivity index (χ2n) is 4.85. The summed E-state index contributed by atoms with van der Waals surface area (Å²) >= 11 is 6.03. The van der Waals surface area contributed by atoms with E-state index in [2.05, 4.69) is 4.90 Å². The summed E-state index contributed by atoms with van der Waals surface area (Å²) in [4.78, 5) is 13.9. The zero-order chi connectivity index (χ0) is 14.4. The van der Waals surface area contributed by atoms with Crippen LogP contribution >= 0.6 is 11.6 Å². The first-order chi connectivity index (χ1) is 9.72. The molecule has 4 nitrogen and oxygen atoms in total. The van der Waals surface area contributed by atoms with Crippen LogP contribution < -0.4 is 4.74 Å². The van der Waals surface area contributed by atoms with Gasteiger partial charge < -0.3 is 9.47 Å². The highest BCUT2D eigenvalue weighted by atomic mass is 35.5. The molecule has 0 spiro atoms. The molecule has 1 aromatic rings. The third-order valence-corrected chi connectivity index (χ3v) is 3.87. The van der Waals surface area contributed by atoms with Gasteiger partial charge in [-0.05, 0) is 31.5 Å². The van der Waals surface area contributed by atoms with Crippen LogP contribution in [-0.2, 0) is 9.53 Å². The van der Waals surface area contributed by atoms with Gasteiger partial charge in [-0.1, -0.05) is 30.2 Å². The van der Waals surface area contributed by atoms with E-state index in [0.717, 1.165) is 25.8 Å². The number of carbonyl (C=O) groups is 1. The molecular weight excluding hydrogens is 278 g/mol. The first-order valence-electron chi connectivity index (χ1n) is 6.91. The average molecular weight is 298 g/mol. The Morgan fingerprint density at radius 1 is 1.40 bits per heavy atom. The summed E-state index contributed by atoms with van der Waals surface area (Å²) < 4.78 is 10.5. The number of nitrogens with zero attached hydrogens (tertiary/aromatic N) is 1. The second-order valence-corrected chi connectivity index (χ2v) is 5.26. The zero-order valence-electron chi connectivity index (χ0n) is 11.7. The summed E-state index contributed by atoms with van der Waals surface area (Å²) in [5, 5.41) is 0.607. The SMILES string of the molecule is COC(=O)C1CCCCN1CCOc1ccccc1Cl. The molecule has 0 amide bonds. The highest BCUT2D eigenvalue weighted by molar-refractivity contribution is 6.32. The van der Waals surface area contributed by atoms with Crippen LogP contribution in [0, 0.1) is 0 Å². The molecule has 1 aliphatic rings. The molecule has 0 saturated carbocycles. The Kier molecular flexibility index (Phi) is 5.68. The lowest BCUT2D eigenvalue weighted by Crippen LogP contribution is -2.46. The number of ether oxygens (including phenoxy) is 2. The number of rotatable bonds is 5. The molecule has 1 saturated heterocycles. The summed E-state index contributed by atoms with van der Waals surface area (Å²) in [6.45, 7) is 2.12. The molecule has 20 heavy (non-hydrogen) atoms. The van der Waals surface area contributed by atoms with Crippen LogP contribution in [0.2, 0.25) is 5.02 Å². The predicted molar refractivity (Wildman–Crippen MR) is 78.2 cm³/mol. The maximum absolute atomic E-state index is 11.7. The van der Waals surface area contributed by atoms with E-state index in [1.165, 1.54) is 7.11 Å². The van der Waals surface area contributed by atoms with E-state index in [9.17, 15) is 4.79 Å². The molecule has 0 aromatic heterocycles. The van der Waals surface area contributed by atoms with Crippen molar-refractivity contribution < 1.29 is 14.3 Å². The third kappa shape index (κ3) is 3.87. The minimum absolute atomic E-state index is 0.136. The van der Waals surface area contributed by atoms with Gasteiger partial charge in [-0.25, -0.2) is 0 Å². The molecule has 1 fully saturated rings. The minimum Gasteiger partial charge on any atom is -0.491 e. The van der Waals surface area contributed by atoms with Crippen LogP contribution in [0.25, 0.3) is 0 Å². The second kappa shape index (κ2) is 7.50. The maximum Gasteiger partial charge on any atom is 0.323 e. The largest absolute Gasteiger partial charge is 0.491 e. The highest BCUT2D eigenvalue weighted by Gasteiger charge is 2.29. The number of benzene rings is 1. The summed E-state index contributed by atoms with van der Waals surface area (Å²) in [6.07, 6.45) is 3.04. The monoisotopic (exact) mass is 297 g/mol. The fourth-order valence-electron chi connectivity index (χ4n) is 2.50. The fraction of sp³-hybridized carbons (Fsp3) is 0.533. The van der Waals surface area contributed by atoms with Crippen LogP contribution in [0.15, 0.2) is 24.3 Å². The smallest absolute Gasteiger partial charge is 0.323 e. The Bertz CT molecular complexity index is 452. The van der Waals surface area contributed by atoms with Crippen LogP contribution in [0.3, 0.4) is 0 Å². The van der Waals surface area contributed by atoms with Crippen molar-refractivity contribution in [2.75, 3.05) is 26.8 Å². The Labute approximate surface area is 124 Å². The number of para-hydroxylation sites is 1. The molecule has 1 aromatic carbocycles. The number of halogens is 1. The van der Waals surface area contributed by atoms with Crippen LogP contribution in [-0.4, -0.2) is 43.7 Å². The molecule has 2 rings (SSSR count). The first-order valence-corrected chi connectivity index (χ1v) is 7.29. The molecular formula is C15H20ClNO3. The summed E-state index contributed by atoms with van der Waals surface area (Å²) in [6, 6.07) is 7.27. The Balaban J connectivity index is 1.85. The van der Waals surface area contributed by atoms with Crippen molar-refractivity contribution in [2.24, 2.45) is 0 Å². The van der Waals surface area contributed by atoms with E-state index in [1.807, 2.05) is 18.2 Å². The molecule has 5 heteroatoms. The Hall–Kier alpha value is -1.26. The number of hydrogen-bond acceptors (Lipinski definition) is 4. The van der Waals surface area contributed by atoms with Crippen molar-refractivity contribution in [3.05, 3.63) is 29.3 Å². The van der Waals surface area contributed by atoms with Gasteiger partial charge in [0.2, 0.25) is 0 Å². The van der Waals surface area contributed by atoms with Crippen molar-refractivity contribution in [3.63, 3.8) is 0 Å². The van der Waals surface area contributed by atoms with Gasteiger partial charge >= 0.3 is 5.97 Å². The number of piperidine rings is 1. The number of likely N-dealkylation sites (tertiary alicyclic amines) is 1. The molecule has 0 aliphatic carbocycles. The fourth-order valence-corrected chi connectivity index (χ4v) is 2.69. The molecule has 0 radical (unpaired) electrons. The number of carbonyl (C=O) groups excluding carboxylic acids is 1. The van der Waals surface area contributed by atoms with Crippen molar-refractivity contribution in [3.8, 4) is 5.75 Å². The maximum atomic E-state index is 11.7. The van der Waals surface area contributed by atoms with Gasteiger partial charge in [-0.3, -0.25) is 9.69 Å². The van der Waals surface area contributed by atoms with E-state index >= 15 is 0 Å². The third-order valence-electron chi connectivity index (χ3n) is 3.56. The summed E-state index contributed by atoms with van der Waals surface area (Å²) in [5.74, 6) is 0.531. The number of esters is 1. The van der Waals surface area contributed by atoms with Crippen LogP contribution in [0.4, 0.5) is 0 Å². The molecule has 1 unspecified atom stereocenters. The van der Waals surface area contributed by atoms with Gasteiger partial charge in [-0.15, -0.1) is 0 Å². The van der Waals surface area contributed by atoms with Gasteiger partial charge in [0.25, 0.3) is 0 Å². The summed E-state index contributed by atoms with van der Waals surface area (Å²) in [7, 11) is 1.44. The van der Waals surface area contributed by atoms with Gasteiger partial charge in [0, 0.05) is 6.54 Å². The number of hydrogen-bond donors (Lipinski definition) is 0. The van der Waals surface area contributed by atoms with Crippen molar-refractivity contribution in [1.82, 2.24) is 4.90 Å². The Morgan fingerprint density at radius 3 is 2.95 bits per heavy atom. The van der Waals surface area contributed by atoms with Gasteiger partial charge in [0.05, 0.1) is 12.1 Å². The van der Waals surface area contributed by atoms with Crippen LogP contribution in [0.1, 0.15) is 19.3 Å². The number of methoxy groups -OCH3 is 1.